The molecular weight excluding hydrogens is 1010 g/mol. The molecule has 4 rings (SSSR count). The summed E-state index contributed by atoms with van der Waals surface area (Å²) in [6.45, 7) is 26.2. The Morgan fingerprint density at radius 1 is 0.415 bits per heavy atom. The molecule has 6 heteroatoms. The fourth-order valence-corrected chi connectivity index (χ4v) is 12.5. The van der Waals surface area contributed by atoms with Crippen molar-refractivity contribution in [3.05, 3.63) is 168 Å². The van der Waals surface area contributed by atoms with Crippen LogP contribution < -0.4 is 0 Å². The first-order valence-electron chi connectivity index (χ1n) is 32.4. The van der Waals surface area contributed by atoms with Gasteiger partial charge in [0, 0.05) is 36.5 Å². The Labute approximate surface area is 501 Å². The van der Waals surface area contributed by atoms with E-state index in [1.807, 2.05) is 0 Å². The minimum absolute atomic E-state index is 0.0670. The first-order chi connectivity index (χ1) is 39.3. The van der Waals surface area contributed by atoms with Crippen LogP contribution in [-0.4, -0.2) is 46.6 Å². The molecule has 6 atom stereocenters. The van der Waals surface area contributed by atoms with Crippen LogP contribution in [-0.2, 0) is 28.5 Å². The normalized spacial score (nSPS) is 26.9. The third-order valence-corrected chi connectivity index (χ3v) is 17.4. The molecule has 0 aromatic rings. The van der Waals surface area contributed by atoms with Crippen molar-refractivity contribution >= 4 is 11.9 Å². The summed E-state index contributed by atoms with van der Waals surface area (Å²) in [5.41, 5.74) is 2.84. The number of epoxide rings is 2. The molecule has 2 aliphatic heterocycles. The number of fused-ring (bicyclic) bond motifs is 2. The zero-order chi connectivity index (χ0) is 59.8. The molecule has 0 amide bonds. The standard InChI is InChI=1S/C76H114O6/c1-13-15-17-19-21-23-25-27-29-31-33-35-37-39-41-53-69(77)79-67-59-71(7,8)75(73(11,61-67)81-75)57-55-65(5)51-45-49-63(3)47-43-44-48-64(4)50-46-52-66(6)56-58-76-72(9,10)60-68(62-74(76,12)82-76)80-70(78)54-42-40-38-36-34-32-30-28-26-24-22-20-18-16-14-2/h15,17,21-24,27-30,43-52,55-58,67-68H,13-14,16,18-20,25-26,31-42,53-54,59-62H2,1-12H3. The fraction of sp³-hybridized carbons (Fsp3) is 0.605. The number of esters is 2. The highest BCUT2D eigenvalue weighted by Crippen LogP contribution is 2.67. The first-order valence-corrected chi connectivity index (χ1v) is 32.4. The predicted octanol–water partition coefficient (Wildman–Crippen LogP) is 21.5. The molecule has 0 aromatic heterocycles. The van der Waals surface area contributed by atoms with Crippen LogP contribution in [0, 0.1) is 10.8 Å². The van der Waals surface area contributed by atoms with Crippen molar-refractivity contribution in [2.75, 3.05) is 0 Å². The molecule has 6 unspecified atom stereocenters. The van der Waals surface area contributed by atoms with Crippen molar-refractivity contribution in [3.8, 4) is 0 Å². The number of carbonyl (C=O) groups excluding carboxylic acids is 2. The van der Waals surface area contributed by atoms with Crippen molar-refractivity contribution in [1.82, 2.24) is 0 Å². The molecule has 4 aliphatic rings. The lowest BCUT2D eigenvalue weighted by Gasteiger charge is -2.40. The summed E-state index contributed by atoms with van der Waals surface area (Å²) in [5, 5.41) is 0. The summed E-state index contributed by atoms with van der Waals surface area (Å²) >= 11 is 0. The van der Waals surface area contributed by atoms with Crippen LogP contribution in [0.25, 0.3) is 0 Å². The molecular formula is C76H114O6. The Balaban J connectivity index is 1.10. The maximum atomic E-state index is 12.9. The van der Waals surface area contributed by atoms with E-state index >= 15 is 0 Å². The maximum absolute atomic E-state index is 12.9. The van der Waals surface area contributed by atoms with Gasteiger partial charge in [-0.1, -0.05) is 249 Å². The molecule has 2 aliphatic carbocycles. The topological polar surface area (TPSA) is 77.7 Å². The number of ether oxygens (including phenoxy) is 4. The van der Waals surface area contributed by atoms with E-state index in [4.69, 9.17) is 18.9 Å². The van der Waals surface area contributed by atoms with Gasteiger partial charge in [-0.25, -0.2) is 0 Å². The van der Waals surface area contributed by atoms with Gasteiger partial charge in [-0.05, 0) is 144 Å². The van der Waals surface area contributed by atoms with E-state index in [0.29, 0.717) is 12.8 Å². The highest BCUT2D eigenvalue weighted by molar-refractivity contribution is 5.70. The molecule has 0 aromatic carbocycles. The molecule has 6 nitrogen and oxygen atoms in total. The lowest BCUT2D eigenvalue weighted by Crippen LogP contribution is -2.47. The third kappa shape index (κ3) is 23.7. The molecule has 82 heavy (non-hydrogen) atoms. The van der Waals surface area contributed by atoms with E-state index in [1.54, 1.807) is 0 Å². The summed E-state index contributed by atoms with van der Waals surface area (Å²) < 4.78 is 25.3. The van der Waals surface area contributed by atoms with Crippen molar-refractivity contribution in [1.29, 1.82) is 0 Å². The zero-order valence-electron chi connectivity index (χ0n) is 53.8. The van der Waals surface area contributed by atoms with E-state index in [1.165, 1.54) is 57.8 Å². The molecule has 2 heterocycles. The van der Waals surface area contributed by atoms with Gasteiger partial charge in [-0.15, -0.1) is 0 Å². The predicted molar refractivity (Wildman–Crippen MR) is 350 cm³/mol. The van der Waals surface area contributed by atoms with Gasteiger partial charge in [0.15, 0.2) is 0 Å². The molecule has 0 radical (unpaired) electrons. The quantitative estimate of drug-likeness (QED) is 0.0201. The van der Waals surface area contributed by atoms with E-state index < -0.39 is 0 Å². The second-order valence-corrected chi connectivity index (χ2v) is 25.9. The van der Waals surface area contributed by atoms with Gasteiger partial charge in [0.25, 0.3) is 0 Å². The molecule has 0 N–H and O–H groups in total. The smallest absolute Gasteiger partial charge is 0.306 e. The lowest BCUT2D eigenvalue weighted by molar-refractivity contribution is -0.153. The van der Waals surface area contributed by atoms with Crippen LogP contribution in [0.1, 0.15) is 250 Å². The van der Waals surface area contributed by atoms with E-state index in [-0.39, 0.29) is 57.4 Å². The third-order valence-electron chi connectivity index (χ3n) is 17.4. The second-order valence-electron chi connectivity index (χ2n) is 25.9. The van der Waals surface area contributed by atoms with Crippen LogP contribution in [0.4, 0.5) is 0 Å². The minimum atomic E-state index is -0.373. The summed E-state index contributed by atoms with van der Waals surface area (Å²) in [6, 6.07) is 0. The summed E-state index contributed by atoms with van der Waals surface area (Å²) in [4.78, 5) is 25.8. The Hall–Kier alpha value is -4.78. The fourth-order valence-electron chi connectivity index (χ4n) is 12.5. The number of rotatable bonds is 39. The van der Waals surface area contributed by atoms with E-state index in [9.17, 15) is 9.59 Å². The average molecular weight is 1120 g/mol. The van der Waals surface area contributed by atoms with Crippen molar-refractivity contribution < 1.29 is 28.5 Å². The summed E-state index contributed by atoms with van der Waals surface area (Å²) in [7, 11) is 0. The summed E-state index contributed by atoms with van der Waals surface area (Å²) in [5.74, 6) is -0.138. The van der Waals surface area contributed by atoms with E-state index in [0.717, 1.165) is 119 Å². The lowest BCUT2D eigenvalue weighted by atomic mass is 9.63. The Morgan fingerprint density at radius 2 is 0.756 bits per heavy atom. The molecule has 2 saturated heterocycles. The number of hydrogen-bond donors (Lipinski definition) is 0. The highest BCUT2D eigenvalue weighted by Gasteiger charge is 2.76. The largest absolute Gasteiger partial charge is 0.462 e. The molecule has 0 spiro atoms. The van der Waals surface area contributed by atoms with Crippen molar-refractivity contribution in [2.24, 2.45) is 10.8 Å². The number of hydrogen-bond acceptors (Lipinski definition) is 6. The monoisotopic (exact) mass is 1120 g/mol. The Kier molecular flexibility index (Phi) is 30.7. The van der Waals surface area contributed by atoms with Gasteiger partial charge in [-0.3, -0.25) is 9.59 Å². The Morgan fingerprint density at radius 3 is 1.15 bits per heavy atom. The number of allylic oxidation sites excluding steroid dienone is 26. The van der Waals surface area contributed by atoms with Crippen LogP contribution in [0.3, 0.4) is 0 Å². The molecule has 2 saturated carbocycles. The first kappa shape index (κ1) is 69.7. The second kappa shape index (κ2) is 36.2. The van der Waals surface area contributed by atoms with Crippen LogP contribution in [0.15, 0.2) is 168 Å². The van der Waals surface area contributed by atoms with Crippen molar-refractivity contribution in [3.63, 3.8) is 0 Å². The Bertz CT molecular complexity index is 2400. The van der Waals surface area contributed by atoms with Gasteiger partial charge in [-0.2, -0.15) is 0 Å². The SMILES string of the molecule is CCC=CCC=CCC=CCCCCCCCC(=O)OC1CC(C)(C)C2(C=CC(C)=CC=CC(C)=CC=CC=C(C)C=CC=C(C)C=CC34OC3(C)CC(OC(=O)CCCCCCCC=CCC=CCCCCC)CC4(C)C)OC2(C)C1. The van der Waals surface area contributed by atoms with Gasteiger partial charge in [0.05, 0.1) is 0 Å². The van der Waals surface area contributed by atoms with Crippen LogP contribution >= 0.6 is 0 Å². The molecule has 0 bridgehead atoms. The van der Waals surface area contributed by atoms with Gasteiger partial charge >= 0.3 is 11.9 Å². The van der Waals surface area contributed by atoms with Crippen LogP contribution in [0.5, 0.6) is 0 Å². The average Bonchev–Trinajstić information content (AvgIpc) is 2.48. The van der Waals surface area contributed by atoms with E-state index in [2.05, 4.69) is 229 Å². The number of carbonyl (C=O) groups is 2. The maximum Gasteiger partial charge on any atom is 0.306 e. The van der Waals surface area contributed by atoms with Gasteiger partial charge in [0.2, 0.25) is 0 Å². The zero-order valence-corrected chi connectivity index (χ0v) is 53.8. The van der Waals surface area contributed by atoms with Crippen LogP contribution in [0.2, 0.25) is 0 Å². The van der Waals surface area contributed by atoms with Gasteiger partial charge < -0.3 is 18.9 Å². The molecule has 4 fully saturated rings. The van der Waals surface area contributed by atoms with Gasteiger partial charge in [0.1, 0.15) is 34.6 Å². The minimum Gasteiger partial charge on any atom is -0.462 e. The van der Waals surface area contributed by atoms with Crippen molar-refractivity contribution in [2.45, 2.75) is 285 Å². The highest BCUT2D eigenvalue weighted by atomic mass is 16.6. The number of unbranched alkanes of at least 4 members (excludes halogenated alkanes) is 13. The summed E-state index contributed by atoms with van der Waals surface area (Å²) in [6.07, 6.45) is 79.1. The molecule has 454 valence electrons.